The topological polar surface area (TPSA) is 78.1 Å². The molecule has 0 saturated heterocycles. The lowest BCUT2D eigenvalue weighted by Gasteiger charge is -2.19. The van der Waals surface area contributed by atoms with Gasteiger partial charge < -0.3 is 10.5 Å². The van der Waals surface area contributed by atoms with Crippen LogP contribution in [0.4, 0.5) is 19.0 Å². The molecule has 1 aromatic heterocycles. The highest BCUT2D eigenvalue weighted by atomic mass is 35.5. The van der Waals surface area contributed by atoms with Gasteiger partial charge in [0.15, 0.2) is 0 Å². The molecule has 0 unspecified atom stereocenters. The summed E-state index contributed by atoms with van der Waals surface area (Å²) in [5.41, 5.74) is 3.93. The van der Waals surface area contributed by atoms with Crippen molar-refractivity contribution in [2.75, 3.05) is 12.3 Å². The molecule has 2 N–H and O–H groups in total. The van der Waals surface area contributed by atoms with Crippen molar-refractivity contribution in [3.05, 3.63) is 16.5 Å². The predicted octanol–water partition coefficient (Wildman–Crippen LogP) is 3.16. The summed E-state index contributed by atoms with van der Waals surface area (Å²) in [6.45, 7) is 1.71. The first-order valence-corrected chi connectivity index (χ1v) is 7.14. The van der Waals surface area contributed by atoms with Crippen molar-refractivity contribution in [3.8, 4) is 0 Å². The molecule has 22 heavy (non-hydrogen) atoms. The van der Waals surface area contributed by atoms with Gasteiger partial charge in [-0.2, -0.15) is 13.2 Å². The van der Waals surface area contributed by atoms with Crippen molar-refractivity contribution in [1.82, 2.24) is 9.97 Å². The number of aromatic nitrogens is 2. The quantitative estimate of drug-likeness (QED) is 0.659. The molecule has 0 radical (unpaired) electrons. The van der Waals surface area contributed by atoms with Gasteiger partial charge in [0.1, 0.15) is 11.4 Å². The molecule has 1 aliphatic carbocycles. The van der Waals surface area contributed by atoms with E-state index in [-0.39, 0.29) is 54.6 Å². The Morgan fingerprint density at radius 1 is 1.41 bits per heavy atom. The molecule has 122 valence electrons. The molecular formula is C13H15ClF3N3O2. The van der Waals surface area contributed by atoms with Crippen molar-refractivity contribution >= 4 is 23.4 Å². The van der Waals surface area contributed by atoms with Gasteiger partial charge in [-0.1, -0.05) is 0 Å². The summed E-state index contributed by atoms with van der Waals surface area (Å²) in [5.74, 6) is -0.950. The number of rotatable bonds is 5. The number of alkyl halides is 3. The van der Waals surface area contributed by atoms with Gasteiger partial charge in [0, 0.05) is 0 Å². The summed E-state index contributed by atoms with van der Waals surface area (Å²) >= 11 is 5.68. The average molecular weight is 338 g/mol. The Labute approximate surface area is 130 Å². The molecule has 0 bridgehead atoms. The van der Waals surface area contributed by atoms with Gasteiger partial charge in [-0.3, -0.25) is 0 Å². The Balaban J connectivity index is 2.25. The van der Waals surface area contributed by atoms with Crippen LogP contribution in [0.1, 0.15) is 42.2 Å². The predicted molar refractivity (Wildman–Crippen MR) is 73.5 cm³/mol. The number of carbonyl (C=O) groups excluding carboxylic acids is 1. The maximum Gasteiger partial charge on any atom is 0.394 e. The summed E-state index contributed by atoms with van der Waals surface area (Å²) in [6, 6.07) is 0. The monoisotopic (exact) mass is 337 g/mol. The van der Waals surface area contributed by atoms with Gasteiger partial charge in [-0.05, 0) is 44.2 Å². The van der Waals surface area contributed by atoms with Gasteiger partial charge in [0.05, 0.1) is 17.7 Å². The maximum absolute atomic E-state index is 13.0. The minimum absolute atomic E-state index is 0.0693. The highest BCUT2D eigenvalue weighted by Gasteiger charge is 2.62. The van der Waals surface area contributed by atoms with Crippen molar-refractivity contribution in [2.24, 2.45) is 5.41 Å². The number of hydrogen-bond donors (Lipinski definition) is 1. The molecule has 1 heterocycles. The smallest absolute Gasteiger partial charge is 0.394 e. The maximum atomic E-state index is 13.0. The van der Waals surface area contributed by atoms with Crippen LogP contribution >= 0.6 is 11.6 Å². The SMILES string of the molecule is CCOC(=O)c1c(N)nc(Cl)nc1CCC1(C(F)(F)F)CC1. The van der Waals surface area contributed by atoms with E-state index in [0.29, 0.717) is 0 Å². The molecule has 1 saturated carbocycles. The van der Waals surface area contributed by atoms with E-state index in [1.165, 1.54) is 0 Å². The highest BCUT2D eigenvalue weighted by molar-refractivity contribution is 6.28. The van der Waals surface area contributed by atoms with E-state index in [1.807, 2.05) is 0 Å². The molecule has 0 amide bonds. The lowest BCUT2D eigenvalue weighted by atomic mass is 9.97. The molecular weight excluding hydrogens is 323 g/mol. The second-order valence-corrected chi connectivity index (χ2v) is 5.54. The van der Waals surface area contributed by atoms with Crippen LogP contribution in [0.25, 0.3) is 0 Å². The number of hydrogen-bond acceptors (Lipinski definition) is 5. The average Bonchev–Trinajstić information content (AvgIpc) is 3.16. The molecule has 0 aliphatic heterocycles. The third-order valence-electron chi connectivity index (χ3n) is 3.76. The Hall–Kier alpha value is -1.57. The van der Waals surface area contributed by atoms with Crippen LogP contribution in [0, 0.1) is 5.41 Å². The summed E-state index contributed by atoms with van der Waals surface area (Å²) in [4.78, 5) is 19.4. The molecule has 1 aromatic rings. The van der Waals surface area contributed by atoms with E-state index in [0.717, 1.165) is 0 Å². The van der Waals surface area contributed by atoms with E-state index in [4.69, 9.17) is 22.1 Å². The summed E-state index contributed by atoms with van der Waals surface area (Å²) in [6.07, 6.45) is -4.34. The third kappa shape index (κ3) is 3.26. The second-order valence-electron chi connectivity index (χ2n) is 5.20. The zero-order valence-electron chi connectivity index (χ0n) is 11.8. The number of nitrogen functional groups attached to an aromatic ring is 1. The number of ether oxygens (including phenoxy) is 1. The lowest BCUT2D eigenvalue weighted by Crippen LogP contribution is -2.25. The van der Waals surface area contributed by atoms with E-state index < -0.39 is 17.6 Å². The Kier molecular flexibility index (Phi) is 4.51. The Morgan fingerprint density at radius 2 is 2.05 bits per heavy atom. The number of esters is 1. The molecule has 1 fully saturated rings. The van der Waals surface area contributed by atoms with Gasteiger partial charge in [0.2, 0.25) is 5.28 Å². The first-order valence-electron chi connectivity index (χ1n) is 6.76. The number of carbonyl (C=O) groups is 1. The highest BCUT2D eigenvalue weighted by Crippen LogP contribution is 2.60. The van der Waals surface area contributed by atoms with E-state index >= 15 is 0 Å². The van der Waals surface area contributed by atoms with Crippen molar-refractivity contribution in [3.63, 3.8) is 0 Å². The molecule has 0 spiro atoms. The summed E-state index contributed by atoms with van der Waals surface area (Å²) < 4.78 is 43.7. The minimum atomic E-state index is -4.26. The van der Waals surface area contributed by atoms with E-state index in [1.54, 1.807) is 6.92 Å². The normalized spacial score (nSPS) is 16.4. The summed E-state index contributed by atoms with van der Waals surface area (Å²) in [5, 5.41) is -0.211. The number of anilines is 1. The van der Waals surface area contributed by atoms with Crippen LogP contribution in [0.15, 0.2) is 0 Å². The Morgan fingerprint density at radius 3 is 2.55 bits per heavy atom. The Bertz CT molecular complexity index is 589. The molecule has 1 aliphatic rings. The minimum Gasteiger partial charge on any atom is -0.462 e. The fourth-order valence-corrected chi connectivity index (χ4v) is 2.48. The fourth-order valence-electron chi connectivity index (χ4n) is 2.29. The number of nitrogens with zero attached hydrogens (tertiary/aromatic N) is 2. The first-order chi connectivity index (χ1) is 10.2. The largest absolute Gasteiger partial charge is 0.462 e. The number of halogens is 4. The number of nitrogens with two attached hydrogens (primary N) is 1. The first kappa shape index (κ1) is 16.8. The third-order valence-corrected chi connectivity index (χ3v) is 3.93. The molecule has 9 heteroatoms. The standard InChI is InChI=1S/C13H15ClF3N3O2/c1-2-22-10(21)8-7(19-11(14)20-9(8)18)3-4-12(5-6-12)13(15,16)17/h2-6H2,1H3,(H2,18,19,20). The van der Waals surface area contributed by atoms with Crippen LogP contribution in [0.5, 0.6) is 0 Å². The van der Waals surface area contributed by atoms with Crippen molar-refractivity contribution in [2.45, 2.75) is 38.8 Å². The van der Waals surface area contributed by atoms with Gasteiger partial charge >= 0.3 is 12.1 Å². The lowest BCUT2D eigenvalue weighted by molar-refractivity contribution is -0.188. The van der Waals surface area contributed by atoms with Gasteiger partial charge in [0.25, 0.3) is 0 Å². The molecule has 2 rings (SSSR count). The van der Waals surface area contributed by atoms with Gasteiger partial charge in [-0.15, -0.1) is 0 Å². The van der Waals surface area contributed by atoms with Crippen LogP contribution in [0.3, 0.4) is 0 Å². The van der Waals surface area contributed by atoms with E-state index in [2.05, 4.69) is 9.97 Å². The molecule has 0 aromatic carbocycles. The van der Waals surface area contributed by atoms with Crippen LogP contribution in [0.2, 0.25) is 5.28 Å². The van der Waals surface area contributed by atoms with Gasteiger partial charge in [-0.25, -0.2) is 14.8 Å². The summed E-state index contributed by atoms with van der Waals surface area (Å²) in [7, 11) is 0. The van der Waals surface area contributed by atoms with Crippen molar-refractivity contribution in [1.29, 1.82) is 0 Å². The van der Waals surface area contributed by atoms with Crippen LogP contribution in [-0.2, 0) is 11.2 Å². The number of aryl methyl sites for hydroxylation is 1. The molecule has 0 atom stereocenters. The molecule has 5 nitrogen and oxygen atoms in total. The van der Waals surface area contributed by atoms with Crippen molar-refractivity contribution < 1.29 is 22.7 Å². The second kappa shape index (κ2) is 5.91. The zero-order valence-corrected chi connectivity index (χ0v) is 12.6. The fraction of sp³-hybridized carbons (Fsp3) is 0.615. The zero-order chi connectivity index (χ0) is 16.5. The van der Waals surface area contributed by atoms with Crippen LogP contribution in [-0.4, -0.2) is 28.7 Å². The van der Waals surface area contributed by atoms with Crippen LogP contribution < -0.4 is 5.73 Å². The van der Waals surface area contributed by atoms with E-state index in [9.17, 15) is 18.0 Å².